The standard InChI is InChI=1S/C20H15N3O5/c1-27-12-6-8-14(9-7-12)28-13-4-2-11(3-5-13)23-16(24)10-15-17(18(23)21)20(26)22-19(15)25/h2-10H,21H2,1H3,(H,22,25,26). The van der Waals surface area contributed by atoms with Crippen LogP contribution in [0.3, 0.4) is 0 Å². The first-order chi connectivity index (χ1) is 13.5. The Morgan fingerprint density at radius 1 is 0.857 bits per heavy atom. The van der Waals surface area contributed by atoms with Crippen LogP contribution >= 0.6 is 0 Å². The Labute approximate surface area is 159 Å². The third-order valence-electron chi connectivity index (χ3n) is 4.34. The number of imide groups is 1. The lowest BCUT2D eigenvalue weighted by Gasteiger charge is -2.13. The normalized spacial score (nSPS) is 12.5. The molecule has 3 aromatic rings. The number of nitrogens with zero attached hydrogens (tertiary/aromatic N) is 1. The molecule has 140 valence electrons. The van der Waals surface area contributed by atoms with E-state index in [1.54, 1.807) is 55.6 Å². The minimum Gasteiger partial charge on any atom is -0.497 e. The first-order valence-corrected chi connectivity index (χ1v) is 8.31. The number of pyridine rings is 1. The van der Waals surface area contributed by atoms with Crippen LogP contribution in [0.2, 0.25) is 0 Å². The molecule has 0 saturated heterocycles. The van der Waals surface area contributed by atoms with Crippen LogP contribution in [-0.2, 0) is 0 Å². The molecular weight excluding hydrogens is 362 g/mol. The summed E-state index contributed by atoms with van der Waals surface area (Å²) in [4.78, 5) is 36.1. The van der Waals surface area contributed by atoms with E-state index in [9.17, 15) is 14.4 Å². The van der Waals surface area contributed by atoms with E-state index in [-0.39, 0.29) is 16.9 Å². The molecule has 0 bridgehead atoms. The van der Waals surface area contributed by atoms with Gasteiger partial charge in [0.2, 0.25) is 0 Å². The number of nitrogen functional groups attached to an aromatic ring is 1. The van der Waals surface area contributed by atoms with Crippen molar-refractivity contribution in [1.29, 1.82) is 0 Å². The molecule has 28 heavy (non-hydrogen) atoms. The van der Waals surface area contributed by atoms with Gasteiger partial charge < -0.3 is 15.2 Å². The molecule has 1 aliphatic heterocycles. The van der Waals surface area contributed by atoms with Gasteiger partial charge in [-0.05, 0) is 48.5 Å². The van der Waals surface area contributed by atoms with Crippen molar-refractivity contribution in [3.05, 3.63) is 76.1 Å². The van der Waals surface area contributed by atoms with Crippen molar-refractivity contribution in [2.24, 2.45) is 0 Å². The highest BCUT2D eigenvalue weighted by Gasteiger charge is 2.31. The zero-order valence-corrected chi connectivity index (χ0v) is 14.8. The largest absolute Gasteiger partial charge is 0.497 e. The highest BCUT2D eigenvalue weighted by Crippen LogP contribution is 2.26. The summed E-state index contributed by atoms with van der Waals surface area (Å²) in [6, 6.07) is 14.8. The van der Waals surface area contributed by atoms with Crippen LogP contribution in [0.1, 0.15) is 20.7 Å². The van der Waals surface area contributed by atoms with Crippen molar-refractivity contribution >= 4 is 17.6 Å². The molecule has 1 aromatic heterocycles. The third kappa shape index (κ3) is 2.86. The van der Waals surface area contributed by atoms with Gasteiger partial charge in [-0.3, -0.25) is 24.3 Å². The molecule has 3 N–H and O–H groups in total. The molecule has 4 rings (SSSR count). The number of rotatable bonds is 4. The van der Waals surface area contributed by atoms with Crippen molar-refractivity contribution in [3.63, 3.8) is 0 Å². The molecule has 0 radical (unpaired) electrons. The van der Waals surface area contributed by atoms with Crippen LogP contribution in [0.5, 0.6) is 17.2 Å². The smallest absolute Gasteiger partial charge is 0.262 e. The highest BCUT2D eigenvalue weighted by molar-refractivity contribution is 6.23. The van der Waals surface area contributed by atoms with Crippen molar-refractivity contribution in [3.8, 4) is 22.9 Å². The predicted octanol–water partition coefficient (Wildman–Crippen LogP) is 2.10. The number of aromatic nitrogens is 1. The van der Waals surface area contributed by atoms with E-state index in [2.05, 4.69) is 5.32 Å². The lowest BCUT2D eigenvalue weighted by molar-refractivity contribution is 0.0880. The monoisotopic (exact) mass is 377 g/mol. The minimum absolute atomic E-state index is 0.00293. The van der Waals surface area contributed by atoms with Crippen LogP contribution in [0, 0.1) is 0 Å². The SMILES string of the molecule is COc1ccc(Oc2ccc(-n3c(N)c4c(cc3=O)C(=O)NC4=O)cc2)cc1. The second kappa shape index (κ2) is 6.58. The summed E-state index contributed by atoms with van der Waals surface area (Å²) in [6.07, 6.45) is 0. The molecular formula is C20H15N3O5. The molecule has 0 fully saturated rings. The number of fused-ring (bicyclic) bond motifs is 1. The van der Waals surface area contributed by atoms with Gasteiger partial charge in [-0.25, -0.2) is 0 Å². The molecule has 0 spiro atoms. The van der Waals surface area contributed by atoms with Gasteiger partial charge in [0.15, 0.2) is 0 Å². The van der Waals surface area contributed by atoms with Crippen LogP contribution in [0.4, 0.5) is 5.82 Å². The van der Waals surface area contributed by atoms with Crippen LogP contribution < -0.4 is 26.1 Å². The Morgan fingerprint density at radius 2 is 1.43 bits per heavy atom. The van der Waals surface area contributed by atoms with E-state index in [4.69, 9.17) is 15.2 Å². The zero-order chi connectivity index (χ0) is 19.8. The predicted molar refractivity (Wildman–Crippen MR) is 101 cm³/mol. The fourth-order valence-corrected chi connectivity index (χ4v) is 2.99. The minimum atomic E-state index is -0.626. The topological polar surface area (TPSA) is 113 Å². The molecule has 0 saturated carbocycles. The van der Waals surface area contributed by atoms with E-state index in [0.29, 0.717) is 17.2 Å². The van der Waals surface area contributed by atoms with Crippen molar-refractivity contribution in [2.75, 3.05) is 12.8 Å². The summed E-state index contributed by atoms with van der Waals surface area (Å²) in [6.45, 7) is 0. The number of carbonyl (C=O) groups is 2. The molecule has 2 aromatic carbocycles. The van der Waals surface area contributed by atoms with Crippen molar-refractivity contribution in [2.45, 2.75) is 0 Å². The molecule has 8 nitrogen and oxygen atoms in total. The average molecular weight is 377 g/mol. The van der Waals surface area contributed by atoms with Gasteiger partial charge in [-0.1, -0.05) is 0 Å². The number of methoxy groups -OCH3 is 1. The number of nitrogens with two attached hydrogens (primary N) is 1. The third-order valence-corrected chi connectivity index (χ3v) is 4.34. The Morgan fingerprint density at radius 3 is 2.04 bits per heavy atom. The maximum absolute atomic E-state index is 12.4. The first kappa shape index (κ1) is 17.3. The van der Waals surface area contributed by atoms with Gasteiger partial charge in [0.1, 0.15) is 23.1 Å². The number of carbonyl (C=O) groups excluding carboxylic acids is 2. The van der Waals surface area contributed by atoms with Gasteiger partial charge in [-0.2, -0.15) is 0 Å². The Kier molecular flexibility index (Phi) is 4.08. The summed E-state index contributed by atoms with van der Waals surface area (Å²) in [5.41, 5.74) is 5.94. The molecule has 1 aliphatic rings. The van der Waals surface area contributed by atoms with Gasteiger partial charge in [-0.15, -0.1) is 0 Å². The quantitative estimate of drug-likeness (QED) is 0.674. The number of ether oxygens (including phenoxy) is 2. The van der Waals surface area contributed by atoms with Crippen molar-refractivity contribution in [1.82, 2.24) is 9.88 Å². The van der Waals surface area contributed by atoms with E-state index >= 15 is 0 Å². The molecule has 0 aliphatic carbocycles. The van der Waals surface area contributed by atoms with E-state index in [0.717, 1.165) is 11.8 Å². The van der Waals surface area contributed by atoms with Gasteiger partial charge in [0.25, 0.3) is 17.4 Å². The summed E-state index contributed by atoms with van der Waals surface area (Å²) in [7, 11) is 1.58. The molecule has 8 heteroatoms. The summed E-state index contributed by atoms with van der Waals surface area (Å²) in [5, 5.41) is 2.13. The molecule has 2 amide bonds. The van der Waals surface area contributed by atoms with E-state index in [1.165, 1.54) is 4.57 Å². The lowest BCUT2D eigenvalue weighted by atomic mass is 10.1. The zero-order valence-electron chi connectivity index (χ0n) is 14.8. The van der Waals surface area contributed by atoms with Gasteiger partial charge in [0.05, 0.1) is 23.9 Å². The maximum Gasteiger partial charge on any atom is 0.262 e. The Hall–Kier alpha value is -4.07. The van der Waals surface area contributed by atoms with Gasteiger partial charge >= 0.3 is 0 Å². The van der Waals surface area contributed by atoms with E-state index < -0.39 is 17.4 Å². The number of nitrogens with one attached hydrogen (secondary N) is 1. The molecule has 0 atom stereocenters. The Bertz CT molecular complexity index is 1150. The second-order valence-electron chi connectivity index (χ2n) is 6.05. The van der Waals surface area contributed by atoms with Crippen LogP contribution in [0.25, 0.3) is 5.69 Å². The first-order valence-electron chi connectivity index (χ1n) is 8.31. The number of hydrogen-bond donors (Lipinski definition) is 2. The fraction of sp³-hybridized carbons (Fsp3) is 0.0500. The second-order valence-corrected chi connectivity index (χ2v) is 6.05. The highest BCUT2D eigenvalue weighted by atomic mass is 16.5. The Balaban J connectivity index is 1.66. The maximum atomic E-state index is 12.4. The van der Waals surface area contributed by atoms with Crippen molar-refractivity contribution < 1.29 is 19.1 Å². The number of amides is 2. The van der Waals surface area contributed by atoms with Crippen LogP contribution in [-0.4, -0.2) is 23.5 Å². The van der Waals surface area contributed by atoms with Gasteiger partial charge in [0, 0.05) is 6.07 Å². The number of benzene rings is 2. The lowest BCUT2D eigenvalue weighted by Crippen LogP contribution is -2.24. The molecule has 2 heterocycles. The number of anilines is 1. The average Bonchev–Trinajstić information content (AvgIpc) is 2.97. The summed E-state index contributed by atoms with van der Waals surface area (Å²) >= 11 is 0. The van der Waals surface area contributed by atoms with E-state index in [1.807, 2.05) is 0 Å². The number of hydrogen-bond acceptors (Lipinski definition) is 6. The van der Waals surface area contributed by atoms with Crippen LogP contribution in [0.15, 0.2) is 59.4 Å². The fourth-order valence-electron chi connectivity index (χ4n) is 2.99. The molecule has 0 unspecified atom stereocenters. The summed E-state index contributed by atoms with van der Waals surface area (Å²) in [5.74, 6) is 0.559. The summed E-state index contributed by atoms with van der Waals surface area (Å²) < 4.78 is 12.0.